The predicted molar refractivity (Wildman–Crippen MR) is 104 cm³/mol. The molecule has 3 aromatic heterocycles. The van der Waals surface area contributed by atoms with E-state index >= 15 is 0 Å². The second kappa shape index (κ2) is 6.03. The number of aromatic nitrogens is 3. The van der Waals surface area contributed by atoms with Gasteiger partial charge in [0.1, 0.15) is 22.1 Å². The lowest BCUT2D eigenvalue weighted by molar-refractivity contribution is -0.115. The van der Waals surface area contributed by atoms with E-state index in [0.29, 0.717) is 17.2 Å². The number of anilines is 1. The lowest BCUT2D eigenvalue weighted by atomic mass is 10.1. The van der Waals surface area contributed by atoms with Gasteiger partial charge in [0.15, 0.2) is 9.84 Å². The molecule has 1 N–H and O–H groups in total. The molecule has 0 bridgehead atoms. The minimum absolute atomic E-state index is 0.0962. The number of carbonyl (C=O) groups excluding carboxylic acids is 1. The van der Waals surface area contributed by atoms with E-state index in [2.05, 4.69) is 15.3 Å². The maximum Gasteiger partial charge on any atom is 0.230 e. The minimum Gasteiger partial charge on any atom is -0.495 e. The number of amides is 1. The van der Waals surface area contributed by atoms with E-state index < -0.39 is 14.6 Å². The SMILES string of the molecule is COc1cc2ncc(-c3cnc4c(c3)CC(=O)N4)n2cc1S(=O)(=O)C(C)(C)C. The lowest BCUT2D eigenvalue weighted by Crippen LogP contribution is -2.28. The van der Waals surface area contributed by atoms with Gasteiger partial charge in [-0.1, -0.05) is 0 Å². The number of sulfone groups is 1. The van der Waals surface area contributed by atoms with Gasteiger partial charge in [-0.05, 0) is 26.8 Å². The summed E-state index contributed by atoms with van der Waals surface area (Å²) in [4.78, 5) is 20.4. The number of pyridine rings is 2. The molecule has 0 saturated carbocycles. The molecular formula is C19H20N4O4S. The van der Waals surface area contributed by atoms with Crippen LogP contribution in [0.3, 0.4) is 0 Å². The normalized spacial score (nSPS) is 14.2. The first-order valence-electron chi connectivity index (χ1n) is 8.70. The van der Waals surface area contributed by atoms with Gasteiger partial charge in [-0.2, -0.15) is 0 Å². The van der Waals surface area contributed by atoms with E-state index in [9.17, 15) is 13.2 Å². The Morgan fingerprint density at radius 3 is 2.61 bits per heavy atom. The van der Waals surface area contributed by atoms with E-state index in [0.717, 1.165) is 11.1 Å². The van der Waals surface area contributed by atoms with Gasteiger partial charge in [0.2, 0.25) is 5.91 Å². The average Bonchev–Trinajstić information content (AvgIpc) is 3.20. The number of carbonyl (C=O) groups is 1. The molecule has 4 rings (SSSR count). The van der Waals surface area contributed by atoms with Gasteiger partial charge in [0.25, 0.3) is 0 Å². The summed E-state index contributed by atoms with van der Waals surface area (Å²) >= 11 is 0. The van der Waals surface area contributed by atoms with Crippen molar-refractivity contribution in [1.29, 1.82) is 0 Å². The molecule has 0 aromatic carbocycles. The van der Waals surface area contributed by atoms with Gasteiger partial charge in [0, 0.05) is 29.6 Å². The van der Waals surface area contributed by atoms with Crippen LogP contribution in [0.15, 0.2) is 35.6 Å². The van der Waals surface area contributed by atoms with Gasteiger partial charge >= 0.3 is 0 Å². The van der Waals surface area contributed by atoms with Gasteiger partial charge < -0.3 is 10.1 Å². The quantitative estimate of drug-likeness (QED) is 0.725. The van der Waals surface area contributed by atoms with Crippen LogP contribution >= 0.6 is 0 Å². The van der Waals surface area contributed by atoms with Crippen molar-refractivity contribution in [2.75, 3.05) is 12.4 Å². The van der Waals surface area contributed by atoms with Crippen molar-refractivity contribution in [1.82, 2.24) is 14.4 Å². The number of nitrogens with zero attached hydrogens (tertiary/aromatic N) is 3. The minimum atomic E-state index is -3.65. The van der Waals surface area contributed by atoms with Crippen LogP contribution in [0.2, 0.25) is 0 Å². The number of hydrogen-bond acceptors (Lipinski definition) is 6. The van der Waals surface area contributed by atoms with Crippen LogP contribution in [0, 0.1) is 0 Å². The van der Waals surface area contributed by atoms with E-state index in [1.165, 1.54) is 13.3 Å². The van der Waals surface area contributed by atoms with Crippen molar-refractivity contribution >= 4 is 27.2 Å². The highest BCUT2D eigenvalue weighted by Crippen LogP contribution is 2.35. The zero-order chi connectivity index (χ0) is 20.3. The summed E-state index contributed by atoms with van der Waals surface area (Å²) in [5, 5.41) is 2.70. The second-order valence-electron chi connectivity index (χ2n) is 7.65. The number of imidazole rings is 1. The Bertz CT molecular complexity index is 1220. The number of rotatable bonds is 3. The Hall–Kier alpha value is -2.94. The summed E-state index contributed by atoms with van der Waals surface area (Å²) < 4.78 is 32.2. The molecule has 9 heteroatoms. The van der Waals surface area contributed by atoms with Crippen LogP contribution < -0.4 is 10.1 Å². The van der Waals surface area contributed by atoms with Crippen LogP contribution in [0.1, 0.15) is 26.3 Å². The van der Waals surface area contributed by atoms with Gasteiger partial charge in [-0.15, -0.1) is 0 Å². The second-order valence-corrected chi connectivity index (χ2v) is 10.3. The first-order chi connectivity index (χ1) is 13.1. The summed E-state index contributed by atoms with van der Waals surface area (Å²) in [7, 11) is -2.21. The monoisotopic (exact) mass is 400 g/mol. The molecule has 1 aliphatic rings. The molecule has 0 fully saturated rings. The Morgan fingerprint density at radius 1 is 1.18 bits per heavy atom. The van der Waals surface area contributed by atoms with Crippen LogP contribution in [-0.2, 0) is 21.1 Å². The van der Waals surface area contributed by atoms with Crippen molar-refractivity contribution in [2.24, 2.45) is 0 Å². The Balaban J connectivity index is 1.92. The smallest absolute Gasteiger partial charge is 0.230 e. The number of fused-ring (bicyclic) bond motifs is 2. The molecule has 0 aliphatic carbocycles. The molecule has 1 aliphatic heterocycles. The third kappa shape index (κ3) is 2.73. The highest BCUT2D eigenvalue weighted by Gasteiger charge is 2.34. The topological polar surface area (TPSA) is 103 Å². The molecule has 146 valence electrons. The fourth-order valence-corrected chi connectivity index (χ4v) is 4.45. The first kappa shape index (κ1) is 18.4. The number of ether oxygens (including phenoxy) is 1. The average molecular weight is 400 g/mol. The maximum atomic E-state index is 13.1. The third-order valence-electron chi connectivity index (χ3n) is 4.76. The maximum absolute atomic E-state index is 13.1. The largest absolute Gasteiger partial charge is 0.495 e. The summed E-state index contributed by atoms with van der Waals surface area (Å²) in [6.07, 6.45) is 5.09. The van der Waals surface area contributed by atoms with Crippen molar-refractivity contribution in [3.05, 3.63) is 36.3 Å². The zero-order valence-corrected chi connectivity index (χ0v) is 16.8. The predicted octanol–water partition coefficient (Wildman–Crippen LogP) is 2.47. The van der Waals surface area contributed by atoms with Crippen LogP contribution in [0.4, 0.5) is 5.82 Å². The van der Waals surface area contributed by atoms with Crippen LogP contribution in [-0.4, -0.2) is 40.6 Å². The number of nitrogens with one attached hydrogen (secondary N) is 1. The molecule has 8 nitrogen and oxygen atoms in total. The molecule has 3 aromatic rings. The highest BCUT2D eigenvalue weighted by molar-refractivity contribution is 7.92. The summed E-state index contributed by atoms with van der Waals surface area (Å²) in [6, 6.07) is 3.47. The van der Waals surface area contributed by atoms with Crippen molar-refractivity contribution < 1.29 is 17.9 Å². The molecule has 0 saturated heterocycles. The van der Waals surface area contributed by atoms with Crippen molar-refractivity contribution in [3.8, 4) is 17.0 Å². The lowest BCUT2D eigenvalue weighted by Gasteiger charge is -2.21. The molecule has 0 radical (unpaired) electrons. The summed E-state index contributed by atoms with van der Waals surface area (Å²) in [5.74, 6) is 0.711. The fraction of sp³-hybridized carbons (Fsp3) is 0.316. The Labute approximate surface area is 162 Å². The highest BCUT2D eigenvalue weighted by atomic mass is 32.2. The molecule has 0 unspecified atom stereocenters. The van der Waals surface area contributed by atoms with Gasteiger partial charge in [-0.25, -0.2) is 18.4 Å². The van der Waals surface area contributed by atoms with Crippen LogP contribution in [0.5, 0.6) is 5.75 Å². The molecule has 4 heterocycles. The number of hydrogen-bond donors (Lipinski definition) is 1. The van der Waals surface area contributed by atoms with E-state index in [1.807, 2.05) is 6.07 Å². The van der Waals surface area contributed by atoms with Crippen molar-refractivity contribution in [3.63, 3.8) is 0 Å². The van der Waals surface area contributed by atoms with E-state index in [1.54, 1.807) is 43.6 Å². The standard InChI is InChI=1S/C19H20N4O4S/c1-19(2,3)28(25,26)15-10-23-13(9-20-16(23)7-14(15)27-4)12-5-11-6-17(24)22-18(11)21-8-12/h5,7-10H,6H2,1-4H3,(H,21,22,24). The molecular weight excluding hydrogens is 380 g/mol. The molecule has 0 spiro atoms. The summed E-state index contributed by atoms with van der Waals surface area (Å²) in [5.41, 5.74) is 2.77. The van der Waals surface area contributed by atoms with E-state index in [4.69, 9.17) is 4.74 Å². The molecule has 1 amide bonds. The Morgan fingerprint density at radius 2 is 1.93 bits per heavy atom. The van der Waals surface area contributed by atoms with Crippen LogP contribution in [0.25, 0.3) is 16.9 Å². The number of methoxy groups -OCH3 is 1. The Kier molecular flexibility index (Phi) is 3.97. The molecule has 28 heavy (non-hydrogen) atoms. The zero-order valence-electron chi connectivity index (χ0n) is 16.0. The first-order valence-corrected chi connectivity index (χ1v) is 10.2. The van der Waals surface area contributed by atoms with Gasteiger partial charge in [-0.3, -0.25) is 9.20 Å². The van der Waals surface area contributed by atoms with Crippen molar-refractivity contribution in [2.45, 2.75) is 36.8 Å². The third-order valence-corrected chi connectivity index (χ3v) is 7.26. The van der Waals surface area contributed by atoms with E-state index in [-0.39, 0.29) is 23.0 Å². The fourth-order valence-electron chi connectivity index (χ4n) is 3.14. The summed E-state index contributed by atoms with van der Waals surface area (Å²) in [6.45, 7) is 4.94. The van der Waals surface area contributed by atoms with Gasteiger partial charge in [0.05, 0.1) is 30.2 Å². The molecule has 0 atom stereocenters.